The highest BCUT2D eigenvalue weighted by molar-refractivity contribution is 6.58. The second-order valence-electron chi connectivity index (χ2n) is 8.53. The lowest BCUT2D eigenvalue weighted by Gasteiger charge is -2.36. The predicted molar refractivity (Wildman–Crippen MR) is 146 cm³/mol. The molecule has 1 aromatic heterocycles. The van der Waals surface area contributed by atoms with Crippen molar-refractivity contribution in [3.8, 4) is 11.6 Å². The number of carbonyl (C=O) groups excluding carboxylic acids is 1. The summed E-state index contributed by atoms with van der Waals surface area (Å²) in [4.78, 5) is 25.0. The zero-order valence-electron chi connectivity index (χ0n) is 20.6. The highest BCUT2D eigenvalue weighted by Crippen LogP contribution is 2.38. The van der Waals surface area contributed by atoms with Crippen LogP contribution in [0.5, 0.6) is 11.6 Å². The summed E-state index contributed by atoms with van der Waals surface area (Å²) in [6.45, 7) is -1.38. The standard InChI is InChI=1S/C25H21B3F3N5O3/c26-25(27,28)39-19-5-2-17(3-6-19)36-23-15(1-8-22(34-23)38-14-21(30)31)13-35(24(36)37)18-4-7-20(32)16(11-18)12-33-10-9-29/h1-8,11-12,21H,9-10,13-14,32H2. The Balaban J connectivity index is 1.75. The predicted octanol–water partition coefficient (Wildman–Crippen LogP) is 3.47. The van der Waals surface area contributed by atoms with Crippen LogP contribution in [-0.2, 0) is 6.54 Å². The van der Waals surface area contributed by atoms with E-state index in [-0.39, 0.29) is 30.5 Å². The molecule has 0 saturated carbocycles. The number of aromatic nitrogens is 1. The number of pyridine rings is 1. The highest BCUT2D eigenvalue weighted by atomic mass is 19.3. The number of anilines is 4. The van der Waals surface area contributed by atoms with E-state index in [1.807, 2.05) is 0 Å². The third kappa shape index (κ3) is 6.87. The number of nitrogens with zero attached hydrogens (tertiary/aromatic N) is 4. The molecule has 194 valence electrons. The van der Waals surface area contributed by atoms with Crippen molar-refractivity contribution in [2.75, 3.05) is 35.4 Å². The molecular weight excluding hydrogens is 508 g/mol. The normalized spacial score (nSPS) is 13.7. The van der Waals surface area contributed by atoms with E-state index >= 15 is 0 Å². The van der Waals surface area contributed by atoms with E-state index in [0.717, 1.165) is 0 Å². The number of urea groups is 1. The first-order valence-electron chi connectivity index (χ1n) is 11.7. The van der Waals surface area contributed by atoms with Crippen molar-refractivity contribution in [1.29, 1.82) is 0 Å². The minimum absolute atomic E-state index is 0.0194. The molecule has 0 spiro atoms. The number of halogens is 3. The minimum atomic E-state index is -2.70. The van der Waals surface area contributed by atoms with Crippen LogP contribution in [0.1, 0.15) is 11.1 Å². The fourth-order valence-electron chi connectivity index (χ4n) is 3.81. The number of ether oxygens (including phenoxy) is 2. The maximum atomic E-state index is 13.9. The van der Waals surface area contributed by atoms with Crippen molar-refractivity contribution in [3.05, 3.63) is 65.7 Å². The summed E-state index contributed by atoms with van der Waals surface area (Å²) in [7, 11) is 16.5. The van der Waals surface area contributed by atoms with Crippen LogP contribution in [0, 0.1) is 0 Å². The molecule has 0 saturated heterocycles. The first-order valence-corrected chi connectivity index (χ1v) is 11.7. The lowest BCUT2D eigenvalue weighted by atomic mass is 9.52. The second-order valence-corrected chi connectivity index (χ2v) is 8.53. The van der Waals surface area contributed by atoms with Gasteiger partial charge in [-0.3, -0.25) is 9.89 Å². The Labute approximate surface area is 227 Å². The number of fused-ring (bicyclic) bond motifs is 1. The number of amides is 2. The summed E-state index contributed by atoms with van der Waals surface area (Å²) < 4.78 is 48.3. The quantitative estimate of drug-likeness (QED) is 0.247. The first-order chi connectivity index (χ1) is 18.6. The summed E-state index contributed by atoms with van der Waals surface area (Å²) in [5, 5.41) is -1.91. The fourth-order valence-corrected chi connectivity index (χ4v) is 3.81. The van der Waals surface area contributed by atoms with Crippen LogP contribution < -0.4 is 25.0 Å². The molecule has 2 N–H and O–H groups in total. The van der Waals surface area contributed by atoms with E-state index < -0.39 is 31.0 Å². The van der Waals surface area contributed by atoms with Crippen LogP contribution in [0.15, 0.2) is 59.6 Å². The summed E-state index contributed by atoms with van der Waals surface area (Å²) in [6, 6.07) is 13.6. The number of nitrogens with two attached hydrogens (primary N) is 1. The van der Waals surface area contributed by atoms with Crippen molar-refractivity contribution in [2.45, 2.75) is 18.3 Å². The monoisotopic (exact) mass is 529 g/mol. The van der Waals surface area contributed by atoms with Gasteiger partial charge < -0.3 is 15.2 Å². The van der Waals surface area contributed by atoms with Crippen molar-refractivity contribution < 1.29 is 27.4 Å². The van der Waals surface area contributed by atoms with Crippen molar-refractivity contribution in [1.82, 2.24) is 4.98 Å². The van der Waals surface area contributed by atoms with Crippen LogP contribution in [0.4, 0.5) is 40.8 Å². The molecule has 1 aliphatic rings. The van der Waals surface area contributed by atoms with E-state index in [4.69, 9.17) is 38.7 Å². The Kier molecular flexibility index (Phi) is 8.42. The van der Waals surface area contributed by atoms with Crippen LogP contribution in [0.3, 0.4) is 0 Å². The van der Waals surface area contributed by atoms with Crippen molar-refractivity contribution >= 4 is 58.7 Å². The molecule has 39 heavy (non-hydrogen) atoms. The summed E-state index contributed by atoms with van der Waals surface area (Å²) in [5.74, 6) is 0.367. The topological polar surface area (TPSA) is 93.3 Å². The Morgan fingerprint density at radius 3 is 2.49 bits per heavy atom. The number of nitrogen functional groups attached to an aromatic ring is 1. The number of carbonyl (C=O) groups is 1. The van der Waals surface area contributed by atoms with E-state index in [9.17, 15) is 18.0 Å². The zero-order valence-corrected chi connectivity index (χ0v) is 20.6. The lowest BCUT2D eigenvalue weighted by Crippen LogP contribution is -2.45. The fraction of sp³-hybridized carbons (Fsp3) is 0.240. The largest absolute Gasteiger partial charge is 0.516 e. The van der Waals surface area contributed by atoms with Crippen LogP contribution in [0.25, 0.3) is 0 Å². The first kappa shape index (κ1) is 27.9. The smallest absolute Gasteiger partial charge is 0.335 e. The Bertz CT molecular complexity index is 1360. The number of hydrogen-bond donors (Lipinski definition) is 1. The van der Waals surface area contributed by atoms with Crippen LogP contribution in [0.2, 0.25) is 0 Å². The van der Waals surface area contributed by atoms with E-state index in [1.165, 1.54) is 34.2 Å². The van der Waals surface area contributed by atoms with Gasteiger partial charge >= 0.3 is 6.03 Å². The average molecular weight is 529 g/mol. The summed E-state index contributed by atoms with van der Waals surface area (Å²) in [6.07, 6.45) is -1.26. The Morgan fingerprint density at radius 1 is 1.10 bits per heavy atom. The maximum absolute atomic E-state index is 13.9. The van der Waals surface area contributed by atoms with Gasteiger partial charge in [-0.15, -0.1) is 0 Å². The zero-order chi connectivity index (χ0) is 28.2. The molecule has 1 aliphatic heterocycles. The SMILES string of the molecule is [B]C([B])([B])Oc1ccc(N2C(=O)N(c3ccc(N)c(C=NCCF)c3)Cc3ccc(OCC(F)F)nc32)cc1. The third-order valence-corrected chi connectivity index (χ3v) is 5.47. The van der Waals surface area contributed by atoms with Gasteiger partial charge in [-0.25, -0.2) is 22.9 Å². The molecule has 2 amide bonds. The average Bonchev–Trinajstić information content (AvgIpc) is 2.88. The van der Waals surface area contributed by atoms with E-state index in [2.05, 4.69) is 9.98 Å². The maximum Gasteiger partial charge on any atom is 0.335 e. The number of benzene rings is 2. The summed E-state index contributed by atoms with van der Waals surface area (Å²) in [5.41, 5.74) is 8.41. The molecule has 14 heteroatoms. The molecule has 6 radical (unpaired) electrons. The van der Waals surface area contributed by atoms with Gasteiger partial charge in [-0.2, -0.15) is 4.98 Å². The van der Waals surface area contributed by atoms with E-state index in [0.29, 0.717) is 28.2 Å². The number of hydrogen-bond acceptors (Lipinski definition) is 6. The lowest BCUT2D eigenvalue weighted by molar-refractivity contribution is 0.0796. The molecule has 0 fully saturated rings. The van der Waals surface area contributed by atoms with Crippen molar-refractivity contribution in [2.24, 2.45) is 4.99 Å². The number of aliphatic imine (C=N–C) groups is 1. The number of rotatable bonds is 10. The molecule has 4 rings (SSSR count). The minimum Gasteiger partial charge on any atom is -0.516 e. The van der Waals surface area contributed by atoms with Gasteiger partial charge in [0.05, 0.1) is 18.8 Å². The van der Waals surface area contributed by atoms with Crippen LogP contribution in [-0.4, -0.2) is 72.3 Å². The molecular formula is C25H21B3F3N5O3. The van der Waals surface area contributed by atoms with Gasteiger partial charge in [-0.05, 0) is 53.8 Å². The van der Waals surface area contributed by atoms with Gasteiger partial charge in [0.15, 0.2) is 6.61 Å². The highest BCUT2D eigenvalue weighted by Gasteiger charge is 2.34. The van der Waals surface area contributed by atoms with Crippen LogP contribution >= 0.6 is 0 Å². The van der Waals surface area contributed by atoms with Gasteiger partial charge in [0.2, 0.25) is 5.88 Å². The number of alkyl halides is 3. The third-order valence-electron chi connectivity index (χ3n) is 5.47. The molecule has 3 aromatic rings. The Hall–Kier alpha value is -4.09. The summed E-state index contributed by atoms with van der Waals surface area (Å²) >= 11 is 0. The Morgan fingerprint density at radius 2 is 1.82 bits per heavy atom. The van der Waals surface area contributed by atoms with Gasteiger partial charge in [0.1, 0.15) is 41.8 Å². The van der Waals surface area contributed by atoms with Gasteiger partial charge in [-0.1, -0.05) is 0 Å². The van der Waals surface area contributed by atoms with Crippen molar-refractivity contribution in [3.63, 3.8) is 0 Å². The van der Waals surface area contributed by atoms with Gasteiger partial charge in [0, 0.05) is 34.8 Å². The molecule has 0 bridgehead atoms. The molecule has 0 unspecified atom stereocenters. The van der Waals surface area contributed by atoms with E-state index in [1.54, 1.807) is 36.4 Å². The molecule has 0 aliphatic carbocycles. The molecule has 8 nitrogen and oxygen atoms in total. The molecule has 2 aromatic carbocycles. The molecule has 0 atom stereocenters. The molecule has 2 heterocycles. The second kappa shape index (κ2) is 11.8. The van der Waals surface area contributed by atoms with Gasteiger partial charge in [0.25, 0.3) is 6.43 Å².